The molecule has 0 radical (unpaired) electrons. The van der Waals surface area contributed by atoms with E-state index in [1.54, 1.807) is 0 Å². The number of furan rings is 1. The number of nitrogens with one attached hydrogen (secondary N) is 1. The van der Waals surface area contributed by atoms with Crippen molar-refractivity contribution in [3.63, 3.8) is 0 Å². The second-order valence-electron chi connectivity index (χ2n) is 5.03. The highest BCUT2D eigenvalue weighted by molar-refractivity contribution is 6.34. The number of non-ortho nitro benzene ring substituents is 1. The number of Topliss-reactive ketones (excluding diaryl/α,β-unsaturated/α-hetero) is 1. The Morgan fingerprint density at radius 2 is 1.92 bits per heavy atom. The van der Waals surface area contributed by atoms with E-state index in [4.69, 9.17) is 21.8 Å². The van der Waals surface area contributed by atoms with E-state index >= 15 is 0 Å². The quantitative estimate of drug-likeness (QED) is 0.473. The lowest BCUT2D eigenvalue weighted by Gasteiger charge is -2.06. The molecule has 10 heteroatoms. The van der Waals surface area contributed by atoms with E-state index in [2.05, 4.69) is 5.32 Å². The van der Waals surface area contributed by atoms with Gasteiger partial charge >= 0.3 is 0 Å². The maximum Gasteiger partial charge on any atom is 0.270 e. The molecule has 0 aliphatic rings. The molecule has 130 valence electrons. The van der Waals surface area contributed by atoms with Gasteiger partial charge in [-0.25, -0.2) is 0 Å². The van der Waals surface area contributed by atoms with Gasteiger partial charge in [-0.15, -0.1) is 0 Å². The minimum Gasteiger partial charge on any atom is -0.444 e. The van der Waals surface area contributed by atoms with Gasteiger partial charge < -0.3 is 10.2 Å². The maximum atomic E-state index is 12.4. The summed E-state index contributed by atoms with van der Waals surface area (Å²) in [6.07, 6.45) is 0. The van der Waals surface area contributed by atoms with Crippen LogP contribution in [0, 0.1) is 17.0 Å². The first-order chi connectivity index (χ1) is 11.6. The van der Waals surface area contributed by atoms with Crippen LogP contribution in [0.2, 0.25) is 5.02 Å². The number of hydrogen-bond donors (Lipinski definition) is 2. The van der Waals surface area contributed by atoms with Gasteiger partial charge in [0, 0.05) is 12.1 Å². The average molecular weight is 366 g/mol. The third-order valence-corrected chi connectivity index (χ3v) is 3.64. The summed E-state index contributed by atoms with van der Waals surface area (Å²) in [5, 5.41) is 13.0. The molecule has 1 aromatic heterocycles. The van der Waals surface area contributed by atoms with Crippen LogP contribution in [0.5, 0.6) is 0 Å². The van der Waals surface area contributed by atoms with Gasteiger partial charge in [0.1, 0.15) is 11.3 Å². The molecule has 2 rings (SSSR count). The lowest BCUT2D eigenvalue weighted by molar-refractivity contribution is -0.384. The van der Waals surface area contributed by atoms with E-state index in [1.165, 1.54) is 19.9 Å². The third kappa shape index (κ3) is 3.50. The normalized spacial score (nSPS) is 10.4. The van der Waals surface area contributed by atoms with Crippen molar-refractivity contribution < 1.29 is 23.7 Å². The standard InChI is InChI=1S/C15H12ClN3O6/c1-6(20)11-7(2)25-15(12(11)13(17)21)18-14(22)9-5-8(19(23)24)3-4-10(9)16/h3-5H,1-2H3,(H2,17,21)(H,18,22). The number of nitro benzene ring substituents is 1. The van der Waals surface area contributed by atoms with Crippen molar-refractivity contribution >= 4 is 40.8 Å². The summed E-state index contributed by atoms with van der Waals surface area (Å²) in [5.41, 5.74) is 4.38. The number of nitrogens with zero attached hydrogens (tertiary/aromatic N) is 1. The molecule has 1 aromatic carbocycles. The Hall–Kier alpha value is -3.20. The van der Waals surface area contributed by atoms with Gasteiger partial charge in [0.05, 0.1) is 21.1 Å². The van der Waals surface area contributed by atoms with Crippen molar-refractivity contribution in [2.45, 2.75) is 13.8 Å². The largest absolute Gasteiger partial charge is 0.444 e. The fourth-order valence-electron chi connectivity index (χ4n) is 2.26. The maximum absolute atomic E-state index is 12.4. The first-order valence-electron chi connectivity index (χ1n) is 6.83. The molecular formula is C15H12ClN3O6. The van der Waals surface area contributed by atoms with E-state index < -0.39 is 22.5 Å². The van der Waals surface area contributed by atoms with Gasteiger partial charge in [-0.2, -0.15) is 0 Å². The Labute approximate surface area is 145 Å². The number of primary amides is 1. The van der Waals surface area contributed by atoms with Crippen LogP contribution in [0.1, 0.15) is 43.8 Å². The summed E-state index contributed by atoms with van der Waals surface area (Å²) in [6.45, 7) is 2.65. The van der Waals surface area contributed by atoms with Gasteiger partial charge in [-0.1, -0.05) is 11.6 Å². The molecule has 25 heavy (non-hydrogen) atoms. The Bertz CT molecular complexity index is 918. The molecular weight excluding hydrogens is 354 g/mol. The fraction of sp³-hybridized carbons (Fsp3) is 0.133. The molecule has 0 aliphatic carbocycles. The lowest BCUT2D eigenvalue weighted by Crippen LogP contribution is -2.19. The highest BCUT2D eigenvalue weighted by atomic mass is 35.5. The number of carbonyl (C=O) groups excluding carboxylic acids is 3. The van der Waals surface area contributed by atoms with Crippen molar-refractivity contribution in [2.24, 2.45) is 5.73 Å². The molecule has 0 aliphatic heterocycles. The van der Waals surface area contributed by atoms with E-state index in [1.807, 2.05) is 0 Å². The zero-order valence-corrected chi connectivity index (χ0v) is 13.8. The molecule has 1 heterocycles. The number of anilines is 1. The predicted molar refractivity (Wildman–Crippen MR) is 88.0 cm³/mol. The van der Waals surface area contributed by atoms with E-state index in [0.29, 0.717) is 0 Å². The summed E-state index contributed by atoms with van der Waals surface area (Å²) in [4.78, 5) is 45.8. The van der Waals surface area contributed by atoms with Crippen molar-refractivity contribution in [1.82, 2.24) is 0 Å². The second-order valence-corrected chi connectivity index (χ2v) is 5.44. The van der Waals surface area contributed by atoms with Gasteiger partial charge in [-0.3, -0.25) is 29.8 Å². The number of halogens is 1. The second kappa shape index (κ2) is 6.73. The van der Waals surface area contributed by atoms with Crippen molar-refractivity contribution in [3.05, 3.63) is 55.8 Å². The third-order valence-electron chi connectivity index (χ3n) is 3.32. The number of nitrogens with two attached hydrogens (primary N) is 1. The van der Waals surface area contributed by atoms with Gasteiger partial charge in [0.15, 0.2) is 5.78 Å². The first kappa shape index (κ1) is 18.1. The fourth-order valence-corrected chi connectivity index (χ4v) is 2.47. The van der Waals surface area contributed by atoms with E-state index in [0.717, 1.165) is 12.1 Å². The Morgan fingerprint density at radius 3 is 2.44 bits per heavy atom. The number of amides is 2. The topological polar surface area (TPSA) is 146 Å². The number of rotatable bonds is 5. The average Bonchev–Trinajstić information content (AvgIpc) is 2.83. The van der Waals surface area contributed by atoms with Crippen LogP contribution >= 0.6 is 11.6 Å². The highest BCUT2D eigenvalue weighted by Crippen LogP contribution is 2.29. The Balaban J connectivity index is 2.47. The van der Waals surface area contributed by atoms with Crippen LogP contribution < -0.4 is 11.1 Å². The van der Waals surface area contributed by atoms with Crippen LogP contribution in [0.15, 0.2) is 22.6 Å². The number of nitro groups is 1. The smallest absolute Gasteiger partial charge is 0.270 e. The Kier molecular flexibility index (Phi) is 4.89. The zero-order valence-electron chi connectivity index (χ0n) is 13.1. The molecule has 2 aromatic rings. The zero-order chi connectivity index (χ0) is 18.9. The van der Waals surface area contributed by atoms with E-state index in [-0.39, 0.29) is 39.0 Å². The van der Waals surface area contributed by atoms with Gasteiger partial charge in [-0.05, 0) is 19.9 Å². The number of aryl methyl sites for hydroxylation is 1. The summed E-state index contributed by atoms with van der Waals surface area (Å²) in [5.74, 6) is -2.53. The molecule has 0 saturated carbocycles. The summed E-state index contributed by atoms with van der Waals surface area (Å²) in [6, 6.07) is 3.31. The lowest BCUT2D eigenvalue weighted by atomic mass is 10.1. The molecule has 9 nitrogen and oxygen atoms in total. The van der Waals surface area contributed by atoms with Gasteiger partial charge in [0.25, 0.3) is 17.5 Å². The van der Waals surface area contributed by atoms with E-state index in [9.17, 15) is 24.5 Å². The van der Waals surface area contributed by atoms with Crippen molar-refractivity contribution in [1.29, 1.82) is 0 Å². The number of carbonyl (C=O) groups is 3. The number of ketones is 1. The van der Waals surface area contributed by atoms with Crippen molar-refractivity contribution in [2.75, 3.05) is 5.32 Å². The first-order valence-corrected chi connectivity index (χ1v) is 7.20. The summed E-state index contributed by atoms with van der Waals surface area (Å²) < 4.78 is 5.25. The SMILES string of the molecule is CC(=O)c1c(C)oc(NC(=O)c2cc([N+](=O)[O-])ccc2Cl)c1C(N)=O. The minimum atomic E-state index is -0.970. The monoisotopic (exact) mass is 365 g/mol. The van der Waals surface area contributed by atoms with Crippen molar-refractivity contribution in [3.8, 4) is 0 Å². The van der Waals surface area contributed by atoms with Gasteiger partial charge in [0.2, 0.25) is 5.88 Å². The summed E-state index contributed by atoms with van der Waals surface area (Å²) in [7, 11) is 0. The molecule has 0 spiro atoms. The van der Waals surface area contributed by atoms with Crippen LogP contribution in [0.25, 0.3) is 0 Å². The molecule has 2 amide bonds. The molecule has 0 bridgehead atoms. The number of benzene rings is 1. The Morgan fingerprint density at radius 1 is 1.28 bits per heavy atom. The molecule has 0 saturated heterocycles. The predicted octanol–water partition coefficient (Wildman–Crippen LogP) is 2.70. The minimum absolute atomic E-state index is 0.0428. The number of hydrogen-bond acceptors (Lipinski definition) is 6. The molecule has 0 atom stereocenters. The van der Waals surface area contributed by atoms with Crippen LogP contribution in [0.3, 0.4) is 0 Å². The van der Waals surface area contributed by atoms with Crippen LogP contribution in [-0.2, 0) is 0 Å². The highest BCUT2D eigenvalue weighted by Gasteiger charge is 2.27. The molecule has 3 N–H and O–H groups in total. The molecule has 0 unspecified atom stereocenters. The van der Waals surface area contributed by atoms with Crippen LogP contribution in [0.4, 0.5) is 11.6 Å². The van der Waals surface area contributed by atoms with Crippen LogP contribution in [-0.4, -0.2) is 22.5 Å². The summed E-state index contributed by atoms with van der Waals surface area (Å²) >= 11 is 5.89. The molecule has 0 fully saturated rings.